The van der Waals surface area contributed by atoms with Crippen LogP contribution in [0, 0.1) is 13.8 Å². The highest BCUT2D eigenvalue weighted by Crippen LogP contribution is 2.17. The molecule has 1 rings (SSSR count). The van der Waals surface area contributed by atoms with Gasteiger partial charge in [0.15, 0.2) is 0 Å². The average Bonchev–Trinajstić information content (AvgIpc) is 2.38. The Morgan fingerprint density at radius 1 is 1.33 bits per heavy atom. The lowest BCUT2D eigenvalue weighted by Gasteiger charge is -2.19. The topological polar surface area (TPSA) is 30.9 Å². The van der Waals surface area contributed by atoms with Gasteiger partial charge in [-0.15, -0.1) is 0 Å². The van der Waals surface area contributed by atoms with Crippen molar-refractivity contribution in [1.82, 2.24) is 4.57 Å². The Bertz CT molecular complexity index is 227. The van der Waals surface area contributed by atoms with E-state index in [1.807, 2.05) is 0 Å². The summed E-state index contributed by atoms with van der Waals surface area (Å²) in [6.45, 7) is 7.17. The summed E-state index contributed by atoms with van der Waals surface area (Å²) in [5.74, 6) is 0. The lowest BCUT2D eigenvalue weighted by atomic mass is 10.2. The summed E-state index contributed by atoms with van der Waals surface area (Å²) in [5, 5.41) is 0. The predicted octanol–water partition coefficient (Wildman–Crippen LogP) is 2.01. The molecule has 0 aliphatic rings. The molecule has 1 aromatic heterocycles. The van der Waals surface area contributed by atoms with Gasteiger partial charge in [0, 0.05) is 24.0 Å². The van der Waals surface area contributed by atoms with Gasteiger partial charge in [-0.05, 0) is 32.4 Å². The maximum absolute atomic E-state index is 5.69. The molecule has 0 spiro atoms. The van der Waals surface area contributed by atoms with E-state index in [1.54, 1.807) is 0 Å². The van der Waals surface area contributed by atoms with E-state index in [1.165, 1.54) is 11.4 Å². The van der Waals surface area contributed by atoms with Crippen LogP contribution in [-0.2, 0) is 0 Å². The molecule has 2 N–H and O–H groups in total. The van der Waals surface area contributed by atoms with Crippen molar-refractivity contribution >= 4 is 0 Å². The molecule has 1 atom stereocenters. The second-order valence-corrected chi connectivity index (χ2v) is 3.28. The molecule has 0 aliphatic carbocycles. The summed E-state index contributed by atoms with van der Waals surface area (Å²) in [5.41, 5.74) is 8.31. The fraction of sp³-hybridized carbons (Fsp3) is 0.600. The minimum Gasteiger partial charge on any atom is -0.345 e. The van der Waals surface area contributed by atoms with Crippen molar-refractivity contribution in [1.29, 1.82) is 0 Å². The maximum atomic E-state index is 5.69. The fourth-order valence-corrected chi connectivity index (χ4v) is 1.71. The van der Waals surface area contributed by atoms with E-state index in [0.717, 1.165) is 13.0 Å². The number of hydrogen-bond acceptors (Lipinski definition) is 1. The second-order valence-electron chi connectivity index (χ2n) is 3.28. The van der Waals surface area contributed by atoms with Gasteiger partial charge in [-0.2, -0.15) is 0 Å². The van der Waals surface area contributed by atoms with E-state index in [-0.39, 0.29) is 0 Å². The standard InChI is InChI=1S/C10H18N2/c1-4-10(7-11)12-8(2)5-6-9(12)3/h5-6,10H,4,7,11H2,1-3H3. The number of aryl methyl sites for hydroxylation is 2. The first kappa shape index (κ1) is 9.33. The third kappa shape index (κ3) is 1.53. The van der Waals surface area contributed by atoms with Crippen LogP contribution in [0.15, 0.2) is 12.1 Å². The number of nitrogens with zero attached hydrogens (tertiary/aromatic N) is 1. The molecule has 0 bridgehead atoms. The summed E-state index contributed by atoms with van der Waals surface area (Å²) in [7, 11) is 0. The third-order valence-electron chi connectivity index (χ3n) is 2.43. The Morgan fingerprint density at radius 3 is 2.17 bits per heavy atom. The summed E-state index contributed by atoms with van der Waals surface area (Å²) in [4.78, 5) is 0. The van der Waals surface area contributed by atoms with Crippen molar-refractivity contribution in [3.8, 4) is 0 Å². The number of rotatable bonds is 3. The minimum atomic E-state index is 0.472. The summed E-state index contributed by atoms with van der Waals surface area (Å²) < 4.78 is 2.32. The number of nitrogens with two attached hydrogens (primary N) is 1. The first-order chi connectivity index (χ1) is 5.70. The smallest absolute Gasteiger partial charge is 0.0455 e. The number of hydrogen-bond donors (Lipinski definition) is 1. The molecule has 1 unspecified atom stereocenters. The largest absolute Gasteiger partial charge is 0.345 e. The van der Waals surface area contributed by atoms with Gasteiger partial charge >= 0.3 is 0 Å². The fourth-order valence-electron chi connectivity index (χ4n) is 1.71. The molecule has 0 fully saturated rings. The van der Waals surface area contributed by atoms with Crippen LogP contribution in [0.1, 0.15) is 30.8 Å². The van der Waals surface area contributed by atoms with Crippen molar-refractivity contribution < 1.29 is 0 Å². The summed E-state index contributed by atoms with van der Waals surface area (Å²) in [6.07, 6.45) is 1.10. The number of aromatic nitrogens is 1. The molecule has 0 saturated heterocycles. The van der Waals surface area contributed by atoms with Gasteiger partial charge in [0.05, 0.1) is 0 Å². The van der Waals surface area contributed by atoms with Crippen molar-refractivity contribution in [2.75, 3.05) is 6.54 Å². The third-order valence-corrected chi connectivity index (χ3v) is 2.43. The Balaban J connectivity index is 2.98. The van der Waals surface area contributed by atoms with Crippen LogP contribution in [0.3, 0.4) is 0 Å². The van der Waals surface area contributed by atoms with Gasteiger partial charge in [0.25, 0.3) is 0 Å². The van der Waals surface area contributed by atoms with Crippen LogP contribution >= 0.6 is 0 Å². The molecule has 0 aromatic carbocycles. The molecule has 1 heterocycles. The zero-order valence-electron chi connectivity index (χ0n) is 8.17. The first-order valence-corrected chi connectivity index (χ1v) is 4.55. The molecule has 0 aliphatic heterocycles. The van der Waals surface area contributed by atoms with Crippen LogP contribution in [0.4, 0.5) is 0 Å². The van der Waals surface area contributed by atoms with Crippen molar-refractivity contribution in [2.45, 2.75) is 33.2 Å². The lowest BCUT2D eigenvalue weighted by Crippen LogP contribution is -2.20. The molecular formula is C10H18N2. The minimum absolute atomic E-state index is 0.472. The molecule has 2 heteroatoms. The monoisotopic (exact) mass is 166 g/mol. The maximum Gasteiger partial charge on any atom is 0.0455 e. The zero-order chi connectivity index (χ0) is 9.14. The molecule has 12 heavy (non-hydrogen) atoms. The Morgan fingerprint density at radius 2 is 1.83 bits per heavy atom. The predicted molar refractivity (Wildman–Crippen MR) is 52.3 cm³/mol. The van der Waals surface area contributed by atoms with Crippen LogP contribution in [0.2, 0.25) is 0 Å². The van der Waals surface area contributed by atoms with Gasteiger partial charge < -0.3 is 10.3 Å². The van der Waals surface area contributed by atoms with E-state index >= 15 is 0 Å². The van der Waals surface area contributed by atoms with Crippen molar-refractivity contribution in [3.63, 3.8) is 0 Å². The van der Waals surface area contributed by atoms with E-state index in [4.69, 9.17) is 5.73 Å². The van der Waals surface area contributed by atoms with Gasteiger partial charge in [0.1, 0.15) is 0 Å². The SMILES string of the molecule is CCC(CN)n1c(C)ccc1C. The van der Waals surface area contributed by atoms with Crippen LogP contribution < -0.4 is 5.73 Å². The van der Waals surface area contributed by atoms with E-state index in [0.29, 0.717) is 6.04 Å². The van der Waals surface area contributed by atoms with Gasteiger partial charge in [-0.1, -0.05) is 6.92 Å². The normalized spacial score (nSPS) is 13.3. The quantitative estimate of drug-likeness (QED) is 0.731. The molecule has 0 saturated carbocycles. The van der Waals surface area contributed by atoms with Gasteiger partial charge in [-0.25, -0.2) is 0 Å². The van der Waals surface area contributed by atoms with Crippen molar-refractivity contribution in [3.05, 3.63) is 23.5 Å². The highest BCUT2D eigenvalue weighted by Gasteiger charge is 2.09. The van der Waals surface area contributed by atoms with E-state index in [2.05, 4.69) is 37.5 Å². The van der Waals surface area contributed by atoms with Gasteiger partial charge in [-0.3, -0.25) is 0 Å². The Labute approximate surface area is 74.4 Å². The molecular weight excluding hydrogens is 148 g/mol. The molecule has 1 aromatic rings. The van der Waals surface area contributed by atoms with Crippen LogP contribution in [0.25, 0.3) is 0 Å². The summed E-state index contributed by atoms with van der Waals surface area (Å²) in [6, 6.07) is 4.77. The summed E-state index contributed by atoms with van der Waals surface area (Å²) >= 11 is 0. The molecule has 0 radical (unpaired) electrons. The second kappa shape index (κ2) is 3.76. The highest BCUT2D eigenvalue weighted by molar-refractivity contribution is 5.15. The van der Waals surface area contributed by atoms with E-state index < -0.39 is 0 Å². The van der Waals surface area contributed by atoms with Crippen LogP contribution in [0.5, 0.6) is 0 Å². The zero-order valence-corrected chi connectivity index (χ0v) is 8.17. The molecule has 68 valence electrons. The average molecular weight is 166 g/mol. The Hall–Kier alpha value is -0.760. The highest BCUT2D eigenvalue weighted by atomic mass is 15.0. The van der Waals surface area contributed by atoms with Crippen LogP contribution in [-0.4, -0.2) is 11.1 Å². The lowest BCUT2D eigenvalue weighted by molar-refractivity contribution is 0.480. The molecule has 2 nitrogen and oxygen atoms in total. The van der Waals surface area contributed by atoms with E-state index in [9.17, 15) is 0 Å². The Kier molecular flexibility index (Phi) is 2.93. The van der Waals surface area contributed by atoms with Crippen molar-refractivity contribution in [2.24, 2.45) is 5.73 Å². The van der Waals surface area contributed by atoms with Gasteiger partial charge in [0.2, 0.25) is 0 Å². The molecule has 0 amide bonds. The first-order valence-electron chi connectivity index (χ1n) is 4.55.